The maximum atomic E-state index is 12.3. The molecule has 23 heavy (non-hydrogen) atoms. The van der Waals surface area contributed by atoms with E-state index in [9.17, 15) is 4.79 Å². The fraction of sp³-hybridized carbons (Fsp3) is 0.650. The van der Waals surface area contributed by atoms with Gasteiger partial charge in [-0.15, -0.1) is 0 Å². The minimum atomic E-state index is 0.0733. The molecule has 1 saturated carbocycles. The summed E-state index contributed by atoms with van der Waals surface area (Å²) in [6.07, 6.45) is 8.67. The van der Waals surface area contributed by atoms with E-state index >= 15 is 0 Å². The van der Waals surface area contributed by atoms with Crippen LogP contribution in [0.2, 0.25) is 0 Å². The first-order valence-corrected chi connectivity index (χ1v) is 9.20. The van der Waals surface area contributed by atoms with Gasteiger partial charge in [-0.1, -0.05) is 57.7 Å². The Morgan fingerprint density at radius 3 is 2.65 bits per heavy atom. The van der Waals surface area contributed by atoms with Crippen LogP contribution in [0.25, 0.3) is 0 Å². The van der Waals surface area contributed by atoms with Gasteiger partial charge in [0.25, 0.3) is 0 Å². The highest BCUT2D eigenvalue weighted by molar-refractivity contribution is 5.93. The van der Waals surface area contributed by atoms with Gasteiger partial charge in [0.15, 0.2) is 0 Å². The Labute approximate surface area is 141 Å². The number of nitrogens with one attached hydrogen (secondary N) is 1. The molecule has 0 heterocycles. The SMILES string of the molecule is CCCC(C)C(=O)Nc1ccccc1CN(C)C1CCCCC1. The molecule has 1 N–H and O–H groups in total. The van der Waals surface area contributed by atoms with Gasteiger partial charge in [-0.2, -0.15) is 0 Å². The summed E-state index contributed by atoms with van der Waals surface area (Å²) in [5.41, 5.74) is 2.20. The Kier molecular flexibility index (Phi) is 7.10. The molecule has 0 spiro atoms. The van der Waals surface area contributed by atoms with Gasteiger partial charge in [-0.05, 0) is 37.9 Å². The zero-order chi connectivity index (χ0) is 16.7. The van der Waals surface area contributed by atoms with Crippen LogP contribution in [0.4, 0.5) is 5.69 Å². The summed E-state index contributed by atoms with van der Waals surface area (Å²) < 4.78 is 0. The number of carbonyl (C=O) groups excluding carboxylic acids is 1. The standard InChI is InChI=1S/C20H32N2O/c1-4-10-16(2)20(23)21-19-14-9-8-11-17(19)15-22(3)18-12-6-5-7-13-18/h8-9,11,14,16,18H,4-7,10,12-13,15H2,1-3H3,(H,21,23). The number of hydrogen-bond donors (Lipinski definition) is 1. The van der Waals surface area contributed by atoms with Crippen LogP contribution in [0, 0.1) is 5.92 Å². The van der Waals surface area contributed by atoms with Crippen LogP contribution in [0.15, 0.2) is 24.3 Å². The molecule has 1 aliphatic rings. The third kappa shape index (κ3) is 5.35. The van der Waals surface area contributed by atoms with Gasteiger partial charge in [0.1, 0.15) is 0 Å². The maximum absolute atomic E-state index is 12.3. The molecule has 1 aromatic carbocycles. The van der Waals surface area contributed by atoms with Crippen LogP contribution >= 0.6 is 0 Å². The van der Waals surface area contributed by atoms with Crippen molar-refractivity contribution < 1.29 is 4.79 Å². The maximum Gasteiger partial charge on any atom is 0.227 e. The summed E-state index contributed by atoms with van der Waals surface area (Å²) in [5, 5.41) is 3.14. The Hall–Kier alpha value is -1.35. The Bertz CT molecular complexity index is 494. The molecule has 1 fully saturated rings. The van der Waals surface area contributed by atoms with E-state index in [1.807, 2.05) is 19.1 Å². The van der Waals surface area contributed by atoms with Crippen molar-refractivity contribution in [3.05, 3.63) is 29.8 Å². The summed E-state index contributed by atoms with van der Waals surface area (Å²) in [6.45, 7) is 5.04. The molecule has 0 bridgehead atoms. The summed E-state index contributed by atoms with van der Waals surface area (Å²) in [7, 11) is 2.22. The molecule has 2 rings (SSSR count). The Morgan fingerprint density at radius 2 is 1.96 bits per heavy atom. The predicted octanol–water partition coefficient (Wildman–Crippen LogP) is 4.83. The average Bonchev–Trinajstić information content (AvgIpc) is 2.57. The molecule has 128 valence electrons. The number of carbonyl (C=O) groups is 1. The predicted molar refractivity (Wildman–Crippen MR) is 97.5 cm³/mol. The molecule has 1 aliphatic carbocycles. The van der Waals surface area contributed by atoms with E-state index < -0.39 is 0 Å². The first kappa shape index (κ1) is 18.0. The van der Waals surface area contributed by atoms with Crippen molar-refractivity contribution in [2.75, 3.05) is 12.4 Å². The topological polar surface area (TPSA) is 32.3 Å². The number of rotatable bonds is 7. The number of nitrogens with zero attached hydrogens (tertiary/aromatic N) is 1. The zero-order valence-electron chi connectivity index (χ0n) is 15.0. The highest BCUT2D eigenvalue weighted by Gasteiger charge is 2.19. The smallest absolute Gasteiger partial charge is 0.227 e. The first-order chi connectivity index (χ1) is 11.1. The van der Waals surface area contributed by atoms with Gasteiger partial charge in [0.05, 0.1) is 0 Å². The van der Waals surface area contributed by atoms with Crippen molar-refractivity contribution in [2.45, 2.75) is 71.4 Å². The van der Waals surface area contributed by atoms with E-state index in [0.717, 1.165) is 25.1 Å². The molecule has 1 unspecified atom stereocenters. The van der Waals surface area contributed by atoms with E-state index in [1.165, 1.54) is 37.7 Å². The van der Waals surface area contributed by atoms with E-state index in [4.69, 9.17) is 0 Å². The molecule has 1 atom stereocenters. The minimum absolute atomic E-state index is 0.0733. The number of amides is 1. The van der Waals surface area contributed by atoms with Crippen molar-refractivity contribution in [3.63, 3.8) is 0 Å². The molecule has 3 heteroatoms. The Balaban J connectivity index is 2.00. The van der Waals surface area contributed by atoms with Gasteiger partial charge < -0.3 is 5.32 Å². The van der Waals surface area contributed by atoms with Crippen LogP contribution in [-0.2, 0) is 11.3 Å². The van der Waals surface area contributed by atoms with E-state index in [2.05, 4.69) is 36.3 Å². The lowest BCUT2D eigenvalue weighted by molar-refractivity contribution is -0.119. The van der Waals surface area contributed by atoms with Crippen molar-refractivity contribution in [1.82, 2.24) is 4.90 Å². The van der Waals surface area contributed by atoms with Gasteiger partial charge in [-0.25, -0.2) is 0 Å². The molecular formula is C20H32N2O. The summed E-state index contributed by atoms with van der Waals surface area (Å²) in [6, 6.07) is 8.92. The molecule has 0 radical (unpaired) electrons. The fourth-order valence-electron chi connectivity index (χ4n) is 3.52. The summed E-state index contributed by atoms with van der Waals surface area (Å²) in [4.78, 5) is 14.8. The van der Waals surface area contributed by atoms with Crippen molar-refractivity contribution in [1.29, 1.82) is 0 Å². The largest absolute Gasteiger partial charge is 0.326 e. The lowest BCUT2D eigenvalue weighted by atomic mass is 9.94. The second-order valence-corrected chi connectivity index (χ2v) is 7.04. The highest BCUT2D eigenvalue weighted by Crippen LogP contribution is 2.25. The van der Waals surface area contributed by atoms with Crippen LogP contribution in [-0.4, -0.2) is 23.9 Å². The number of hydrogen-bond acceptors (Lipinski definition) is 2. The molecule has 3 nitrogen and oxygen atoms in total. The number of benzene rings is 1. The van der Waals surface area contributed by atoms with Crippen LogP contribution in [0.3, 0.4) is 0 Å². The second-order valence-electron chi connectivity index (χ2n) is 7.04. The van der Waals surface area contributed by atoms with Crippen molar-refractivity contribution in [2.24, 2.45) is 5.92 Å². The van der Waals surface area contributed by atoms with Gasteiger partial charge in [-0.3, -0.25) is 9.69 Å². The van der Waals surface area contributed by atoms with Crippen LogP contribution in [0.1, 0.15) is 64.4 Å². The van der Waals surface area contributed by atoms with E-state index in [1.54, 1.807) is 0 Å². The number of anilines is 1. The third-order valence-corrected chi connectivity index (χ3v) is 5.06. The van der Waals surface area contributed by atoms with Crippen LogP contribution < -0.4 is 5.32 Å². The summed E-state index contributed by atoms with van der Waals surface area (Å²) >= 11 is 0. The Morgan fingerprint density at radius 1 is 1.26 bits per heavy atom. The summed E-state index contributed by atoms with van der Waals surface area (Å²) in [5.74, 6) is 0.212. The highest BCUT2D eigenvalue weighted by atomic mass is 16.1. The van der Waals surface area contributed by atoms with Gasteiger partial charge in [0.2, 0.25) is 5.91 Å². The molecule has 0 aliphatic heterocycles. The minimum Gasteiger partial charge on any atom is -0.326 e. The lowest BCUT2D eigenvalue weighted by Gasteiger charge is -2.31. The monoisotopic (exact) mass is 316 g/mol. The lowest BCUT2D eigenvalue weighted by Crippen LogP contribution is -2.33. The van der Waals surface area contributed by atoms with Gasteiger partial charge >= 0.3 is 0 Å². The van der Waals surface area contributed by atoms with Crippen LogP contribution in [0.5, 0.6) is 0 Å². The third-order valence-electron chi connectivity index (χ3n) is 5.06. The second kappa shape index (κ2) is 9.07. The zero-order valence-corrected chi connectivity index (χ0v) is 15.0. The van der Waals surface area contributed by atoms with Crippen molar-refractivity contribution in [3.8, 4) is 0 Å². The van der Waals surface area contributed by atoms with E-state index in [-0.39, 0.29) is 11.8 Å². The molecule has 0 saturated heterocycles. The average molecular weight is 316 g/mol. The molecular weight excluding hydrogens is 284 g/mol. The molecule has 1 aromatic rings. The quantitative estimate of drug-likeness (QED) is 0.781. The van der Waals surface area contributed by atoms with Gasteiger partial charge in [0, 0.05) is 24.2 Å². The van der Waals surface area contributed by atoms with E-state index in [0.29, 0.717) is 6.04 Å². The number of para-hydroxylation sites is 1. The fourth-order valence-corrected chi connectivity index (χ4v) is 3.52. The molecule has 1 amide bonds. The normalized spacial score (nSPS) is 17.2. The molecule has 0 aromatic heterocycles. The first-order valence-electron chi connectivity index (χ1n) is 9.20. The van der Waals surface area contributed by atoms with Crippen molar-refractivity contribution >= 4 is 11.6 Å².